The minimum atomic E-state index is -0.683. The van der Waals surface area contributed by atoms with E-state index in [0.29, 0.717) is 21.3 Å². The number of hydrogen-bond donors (Lipinski definition) is 1. The molecule has 4 nitrogen and oxygen atoms in total. The molecule has 0 saturated heterocycles. The summed E-state index contributed by atoms with van der Waals surface area (Å²) in [4.78, 5) is 13.5. The molecule has 1 N–H and O–H groups in total. The van der Waals surface area contributed by atoms with E-state index in [2.05, 4.69) is 11.4 Å². The van der Waals surface area contributed by atoms with Crippen molar-refractivity contribution in [3.8, 4) is 11.8 Å². The minimum Gasteiger partial charge on any atom is -0.481 e. The molecule has 0 unspecified atom stereocenters. The fourth-order valence-electron chi connectivity index (χ4n) is 2.62. The molecule has 1 heterocycles. The lowest BCUT2D eigenvalue weighted by Crippen LogP contribution is -2.30. The number of aryl methyl sites for hydroxylation is 1. The Balaban J connectivity index is 1.71. The third kappa shape index (κ3) is 3.34. The van der Waals surface area contributed by atoms with Gasteiger partial charge in [-0.25, -0.2) is 0 Å². The van der Waals surface area contributed by atoms with Gasteiger partial charge in [-0.2, -0.15) is 5.26 Å². The summed E-state index contributed by atoms with van der Waals surface area (Å²) in [6.07, 6.45) is 2.30. The molecule has 1 aliphatic rings. The number of thiophene rings is 1. The molecule has 23 heavy (non-hydrogen) atoms. The predicted molar refractivity (Wildman–Crippen MR) is 91.2 cm³/mol. The van der Waals surface area contributed by atoms with E-state index in [1.165, 1.54) is 16.2 Å². The van der Waals surface area contributed by atoms with Crippen molar-refractivity contribution in [2.45, 2.75) is 32.3 Å². The molecule has 1 aromatic carbocycles. The lowest BCUT2D eigenvalue weighted by molar-refractivity contribution is -0.122. The summed E-state index contributed by atoms with van der Waals surface area (Å²) in [7, 11) is 0. The van der Waals surface area contributed by atoms with Crippen LogP contribution in [0.15, 0.2) is 24.3 Å². The average molecular weight is 347 g/mol. The first kappa shape index (κ1) is 15.9. The number of amides is 1. The number of anilines is 1. The van der Waals surface area contributed by atoms with Crippen LogP contribution in [0.5, 0.6) is 5.75 Å². The molecule has 0 spiro atoms. The van der Waals surface area contributed by atoms with Gasteiger partial charge in [0.2, 0.25) is 0 Å². The van der Waals surface area contributed by atoms with E-state index in [4.69, 9.17) is 16.3 Å². The molecule has 118 valence electrons. The molecule has 0 radical (unpaired) electrons. The lowest BCUT2D eigenvalue weighted by Gasteiger charge is -2.14. The molecule has 6 heteroatoms. The van der Waals surface area contributed by atoms with Gasteiger partial charge in [-0.1, -0.05) is 17.7 Å². The van der Waals surface area contributed by atoms with Crippen molar-refractivity contribution >= 4 is 33.8 Å². The number of fused-ring (bicyclic) bond motifs is 1. The highest BCUT2D eigenvalue weighted by Crippen LogP contribution is 2.38. The van der Waals surface area contributed by atoms with Crippen molar-refractivity contribution < 1.29 is 9.53 Å². The first-order valence-electron chi connectivity index (χ1n) is 7.36. The van der Waals surface area contributed by atoms with Crippen molar-refractivity contribution in [3.63, 3.8) is 0 Å². The summed E-state index contributed by atoms with van der Waals surface area (Å²) in [6, 6.07) is 9.12. The number of nitrogens with one attached hydrogen (secondary N) is 1. The Morgan fingerprint density at radius 3 is 3.04 bits per heavy atom. The highest BCUT2D eigenvalue weighted by atomic mass is 35.5. The van der Waals surface area contributed by atoms with Gasteiger partial charge < -0.3 is 10.1 Å². The quantitative estimate of drug-likeness (QED) is 0.903. The van der Waals surface area contributed by atoms with Crippen LogP contribution in [0.3, 0.4) is 0 Å². The maximum absolute atomic E-state index is 12.3. The van der Waals surface area contributed by atoms with Gasteiger partial charge in [0.25, 0.3) is 5.91 Å². The fraction of sp³-hybridized carbons (Fsp3) is 0.294. The number of carbonyl (C=O) groups excluding carboxylic acids is 1. The zero-order valence-electron chi connectivity index (χ0n) is 12.6. The van der Waals surface area contributed by atoms with Crippen molar-refractivity contribution in [1.29, 1.82) is 5.26 Å². The Morgan fingerprint density at radius 2 is 2.30 bits per heavy atom. The van der Waals surface area contributed by atoms with E-state index in [-0.39, 0.29) is 5.91 Å². The Hall–Kier alpha value is -2.03. The summed E-state index contributed by atoms with van der Waals surface area (Å²) >= 11 is 7.40. The molecule has 1 aromatic heterocycles. The predicted octanol–water partition coefficient (Wildman–Crippen LogP) is 4.17. The Morgan fingerprint density at radius 1 is 1.48 bits per heavy atom. The zero-order chi connectivity index (χ0) is 16.4. The molecule has 0 fully saturated rings. The van der Waals surface area contributed by atoms with Crippen LogP contribution in [0.4, 0.5) is 5.00 Å². The first-order valence-corrected chi connectivity index (χ1v) is 8.55. The number of halogens is 1. The third-order valence-corrected chi connectivity index (χ3v) is 5.19. The van der Waals surface area contributed by atoms with Gasteiger partial charge in [-0.15, -0.1) is 11.3 Å². The standard InChI is InChI=1S/C17H15ClN2O2S/c1-10(22-12-5-2-4-11(18)8-12)16(21)20-17-14(9-19)13-6-3-7-15(13)23-17/h2,4-5,8,10H,3,6-7H2,1H3,(H,20,21)/t10-/m0/s1. The normalized spacial score (nSPS) is 14.0. The number of benzene rings is 1. The van der Waals surface area contributed by atoms with E-state index in [0.717, 1.165) is 24.8 Å². The van der Waals surface area contributed by atoms with E-state index in [1.54, 1.807) is 31.2 Å². The Kier molecular flexibility index (Phi) is 4.56. The number of hydrogen-bond acceptors (Lipinski definition) is 4. The lowest BCUT2D eigenvalue weighted by atomic mass is 10.1. The fourth-order valence-corrected chi connectivity index (χ4v) is 4.05. The Labute approximate surface area is 143 Å². The smallest absolute Gasteiger partial charge is 0.265 e. The van der Waals surface area contributed by atoms with Crippen LogP contribution in [-0.4, -0.2) is 12.0 Å². The third-order valence-electron chi connectivity index (χ3n) is 3.75. The van der Waals surface area contributed by atoms with Crippen LogP contribution >= 0.6 is 22.9 Å². The molecule has 3 rings (SSSR count). The largest absolute Gasteiger partial charge is 0.481 e. The van der Waals surface area contributed by atoms with Gasteiger partial charge in [0.05, 0.1) is 5.56 Å². The van der Waals surface area contributed by atoms with Gasteiger partial charge in [0.1, 0.15) is 16.8 Å². The van der Waals surface area contributed by atoms with Crippen molar-refractivity contribution in [2.24, 2.45) is 0 Å². The van der Waals surface area contributed by atoms with E-state index in [9.17, 15) is 10.1 Å². The van der Waals surface area contributed by atoms with Crippen molar-refractivity contribution in [3.05, 3.63) is 45.3 Å². The van der Waals surface area contributed by atoms with E-state index < -0.39 is 6.10 Å². The molecular weight excluding hydrogens is 332 g/mol. The van der Waals surface area contributed by atoms with Gasteiger partial charge in [0.15, 0.2) is 6.10 Å². The first-order chi connectivity index (χ1) is 11.1. The summed E-state index contributed by atoms with van der Waals surface area (Å²) in [6.45, 7) is 1.67. The summed E-state index contributed by atoms with van der Waals surface area (Å²) in [5.41, 5.74) is 1.70. The minimum absolute atomic E-state index is 0.276. The number of nitriles is 1. The molecule has 2 aromatic rings. The number of carbonyl (C=O) groups is 1. The second kappa shape index (κ2) is 6.61. The SMILES string of the molecule is C[C@H](Oc1cccc(Cl)c1)C(=O)Nc1sc2c(c1C#N)CCC2. The molecule has 0 aliphatic heterocycles. The van der Waals surface area contributed by atoms with Gasteiger partial charge in [-0.05, 0) is 49.9 Å². The molecule has 1 aliphatic carbocycles. The van der Waals surface area contributed by atoms with Crippen LogP contribution in [0, 0.1) is 11.3 Å². The second-order valence-electron chi connectivity index (χ2n) is 5.38. The molecule has 0 saturated carbocycles. The average Bonchev–Trinajstić information content (AvgIpc) is 3.07. The second-order valence-corrected chi connectivity index (χ2v) is 6.92. The molecule has 0 bridgehead atoms. The summed E-state index contributed by atoms with van der Waals surface area (Å²) in [5, 5.41) is 13.4. The highest BCUT2D eigenvalue weighted by molar-refractivity contribution is 7.16. The summed E-state index contributed by atoms with van der Waals surface area (Å²) < 4.78 is 5.61. The number of rotatable bonds is 4. The van der Waals surface area contributed by atoms with E-state index in [1.807, 2.05) is 0 Å². The zero-order valence-corrected chi connectivity index (χ0v) is 14.1. The van der Waals surface area contributed by atoms with Crippen LogP contribution in [0.2, 0.25) is 5.02 Å². The van der Waals surface area contributed by atoms with Gasteiger partial charge in [-0.3, -0.25) is 4.79 Å². The van der Waals surface area contributed by atoms with Crippen molar-refractivity contribution in [2.75, 3.05) is 5.32 Å². The maximum atomic E-state index is 12.3. The summed E-state index contributed by atoms with van der Waals surface area (Å²) in [5.74, 6) is 0.260. The van der Waals surface area contributed by atoms with Crippen LogP contribution < -0.4 is 10.1 Å². The highest BCUT2D eigenvalue weighted by Gasteiger charge is 2.24. The topological polar surface area (TPSA) is 62.1 Å². The number of nitrogens with zero attached hydrogens (tertiary/aromatic N) is 1. The van der Waals surface area contributed by atoms with E-state index >= 15 is 0 Å². The maximum Gasteiger partial charge on any atom is 0.265 e. The molecule has 1 atom stereocenters. The van der Waals surface area contributed by atoms with Gasteiger partial charge in [0, 0.05) is 9.90 Å². The van der Waals surface area contributed by atoms with Crippen LogP contribution in [-0.2, 0) is 17.6 Å². The molecular formula is C17H15ClN2O2S. The monoisotopic (exact) mass is 346 g/mol. The van der Waals surface area contributed by atoms with Crippen LogP contribution in [0.25, 0.3) is 0 Å². The number of ether oxygens (including phenoxy) is 1. The Bertz CT molecular complexity index is 794. The van der Waals surface area contributed by atoms with Crippen molar-refractivity contribution in [1.82, 2.24) is 0 Å². The van der Waals surface area contributed by atoms with Crippen LogP contribution in [0.1, 0.15) is 29.3 Å². The molecule has 1 amide bonds. The van der Waals surface area contributed by atoms with Gasteiger partial charge >= 0.3 is 0 Å².